The van der Waals surface area contributed by atoms with E-state index in [4.69, 9.17) is 0 Å². The maximum absolute atomic E-state index is 13.0. The highest BCUT2D eigenvalue weighted by Gasteiger charge is 2.30. The van der Waals surface area contributed by atoms with Crippen LogP contribution in [0.4, 0.5) is 19.0 Å². The second-order valence-electron chi connectivity index (χ2n) is 12.6. The molecule has 2 N–H and O–H groups in total. The van der Waals surface area contributed by atoms with E-state index in [0.717, 1.165) is 66.8 Å². The molecule has 2 aliphatic heterocycles. The molecule has 2 fully saturated rings. The summed E-state index contributed by atoms with van der Waals surface area (Å²) in [6, 6.07) is 10.4. The van der Waals surface area contributed by atoms with Gasteiger partial charge in [0.05, 0.1) is 17.7 Å². The highest BCUT2D eigenvalue weighted by molar-refractivity contribution is 7.98. The number of aromatic nitrogens is 3. The fourth-order valence-electron chi connectivity index (χ4n) is 6.60. The van der Waals surface area contributed by atoms with Crippen molar-refractivity contribution in [1.29, 1.82) is 5.26 Å². The molecule has 2 atom stereocenters. The lowest BCUT2D eigenvalue weighted by atomic mass is 10.0. The Hall–Kier alpha value is -3.22. The number of hydrogen-bond donors (Lipinski definition) is 2. The Morgan fingerprint density at radius 1 is 1.20 bits per heavy atom. The number of hydrogen-bond acceptors (Lipinski definition) is 8. The smallest absolute Gasteiger partial charge is 0.367 e. The predicted octanol–water partition coefficient (Wildman–Crippen LogP) is 5.20. The number of nitrogens with zero attached hydrogens (tertiary/aromatic N) is 6. The van der Waals surface area contributed by atoms with Crippen molar-refractivity contribution in [2.24, 2.45) is 0 Å². The van der Waals surface area contributed by atoms with Gasteiger partial charge in [-0.2, -0.15) is 18.4 Å². The van der Waals surface area contributed by atoms with E-state index < -0.39 is 22.3 Å². The Kier molecular flexibility index (Phi) is 9.08. The first-order chi connectivity index (χ1) is 21.8. The van der Waals surface area contributed by atoms with Crippen molar-refractivity contribution in [1.82, 2.24) is 29.1 Å². The Morgan fingerprint density at radius 2 is 1.96 bits per heavy atom. The summed E-state index contributed by atoms with van der Waals surface area (Å²) in [5.41, 5.74) is 4.02. The lowest BCUT2D eigenvalue weighted by Crippen LogP contribution is -2.51. The van der Waals surface area contributed by atoms with Crippen molar-refractivity contribution < 1.29 is 17.4 Å². The van der Waals surface area contributed by atoms with E-state index in [1.54, 1.807) is 13.0 Å². The molecule has 0 radical (unpaired) electrons. The van der Waals surface area contributed by atoms with E-state index >= 15 is 0 Å². The van der Waals surface area contributed by atoms with Crippen LogP contribution >= 0.6 is 11.3 Å². The first-order valence-electron chi connectivity index (χ1n) is 15.5. The van der Waals surface area contributed by atoms with Crippen LogP contribution in [0.2, 0.25) is 0 Å². The van der Waals surface area contributed by atoms with Gasteiger partial charge < -0.3 is 9.88 Å². The molecule has 3 aromatic heterocycles. The standard InChI is InChI=1S/C32H39F3N8OS2/c1-20(42-12-9-37-46(4,44)19-42)17-43-25(16-36)13-27-21(2)23(5-6-29(27)43)18-41-10-7-24(8-11-41)40-30-28-14-26(15-32(33,34)35)45-31(28)39-22(3)38-30/h5-6,13-14,20,24H,4,7-12,15,17-19H2,1-3H3,(H,37,44)(H,38,39,40)/t20-,46?/m0/s1. The van der Waals surface area contributed by atoms with Gasteiger partial charge in [0, 0.05) is 76.8 Å². The molecular formula is C32H39F3N8OS2. The van der Waals surface area contributed by atoms with Crippen molar-refractivity contribution in [3.63, 3.8) is 0 Å². The van der Waals surface area contributed by atoms with E-state index in [1.165, 1.54) is 5.56 Å². The third-order valence-corrected chi connectivity index (χ3v) is 11.6. The normalized spacial score (nSPS) is 21.2. The van der Waals surface area contributed by atoms with Crippen LogP contribution in [0.3, 0.4) is 0 Å². The number of benzene rings is 1. The molecule has 1 aromatic carbocycles. The van der Waals surface area contributed by atoms with Crippen LogP contribution in [-0.2, 0) is 29.2 Å². The van der Waals surface area contributed by atoms with Gasteiger partial charge in [0.1, 0.15) is 28.2 Å². The Morgan fingerprint density at radius 3 is 2.65 bits per heavy atom. The summed E-state index contributed by atoms with van der Waals surface area (Å²) in [5.74, 6) is 5.37. The molecule has 5 heterocycles. The van der Waals surface area contributed by atoms with E-state index in [9.17, 15) is 22.6 Å². The van der Waals surface area contributed by atoms with Crippen LogP contribution in [0.5, 0.6) is 0 Å². The number of anilines is 1. The van der Waals surface area contributed by atoms with Gasteiger partial charge in [-0.25, -0.2) is 14.7 Å². The molecule has 4 aromatic rings. The van der Waals surface area contributed by atoms with Crippen LogP contribution in [0.1, 0.15) is 47.3 Å². The lowest BCUT2D eigenvalue weighted by molar-refractivity contribution is -0.126. The summed E-state index contributed by atoms with van der Waals surface area (Å²) in [5, 5.41) is 15.2. The zero-order valence-electron chi connectivity index (χ0n) is 26.3. The van der Waals surface area contributed by atoms with Gasteiger partial charge >= 0.3 is 6.18 Å². The number of alkyl halides is 3. The van der Waals surface area contributed by atoms with Crippen molar-refractivity contribution in [3.05, 3.63) is 51.8 Å². The van der Waals surface area contributed by atoms with Crippen molar-refractivity contribution in [2.75, 3.05) is 37.4 Å². The van der Waals surface area contributed by atoms with Gasteiger partial charge in [-0.15, -0.1) is 11.3 Å². The second-order valence-corrected chi connectivity index (χ2v) is 15.9. The monoisotopic (exact) mass is 672 g/mol. The molecule has 0 bridgehead atoms. The van der Waals surface area contributed by atoms with Gasteiger partial charge in [0.15, 0.2) is 0 Å². The molecule has 0 aliphatic carbocycles. The summed E-state index contributed by atoms with van der Waals surface area (Å²) < 4.78 is 56.6. The number of thiophene rings is 1. The molecule has 6 rings (SSSR count). The van der Waals surface area contributed by atoms with Crippen LogP contribution in [0.15, 0.2) is 24.3 Å². The van der Waals surface area contributed by atoms with Crippen LogP contribution in [0, 0.1) is 25.2 Å². The van der Waals surface area contributed by atoms with Gasteiger partial charge in [-0.3, -0.25) is 14.0 Å². The fraction of sp³-hybridized carbons (Fsp3) is 0.500. The highest BCUT2D eigenvalue weighted by Crippen LogP contribution is 2.34. The van der Waals surface area contributed by atoms with E-state index in [0.29, 0.717) is 46.5 Å². The van der Waals surface area contributed by atoms with Crippen molar-refractivity contribution in [2.45, 2.75) is 71.4 Å². The number of nitrogens with one attached hydrogen (secondary N) is 2. The van der Waals surface area contributed by atoms with Gasteiger partial charge in [-0.1, -0.05) is 6.07 Å². The first-order valence-corrected chi connectivity index (χ1v) is 18.2. The number of halogens is 3. The van der Waals surface area contributed by atoms with E-state index in [-0.39, 0.29) is 17.0 Å². The fourth-order valence-corrected chi connectivity index (χ4v) is 9.18. The molecule has 1 unspecified atom stereocenters. The molecular weight excluding hydrogens is 634 g/mol. The minimum absolute atomic E-state index is 0.0892. The Labute approximate surface area is 271 Å². The lowest BCUT2D eigenvalue weighted by Gasteiger charge is -2.35. The maximum atomic E-state index is 13.0. The zero-order chi connectivity index (χ0) is 32.8. The number of piperidine rings is 1. The summed E-state index contributed by atoms with van der Waals surface area (Å²) >= 11 is 1.08. The van der Waals surface area contributed by atoms with E-state index in [1.807, 2.05) is 6.07 Å². The summed E-state index contributed by atoms with van der Waals surface area (Å²) in [6.07, 6.45) is -3.47. The van der Waals surface area contributed by atoms with E-state index in [2.05, 4.69) is 72.3 Å². The Balaban J connectivity index is 1.12. The SMILES string of the molecule is C=S1(=O)CN([C@@H](C)Cn2c(C#N)cc3c(C)c(CN4CCC(Nc5nc(C)nc6sc(CC(F)(F)F)cc56)CC4)ccc32)CCN1. The number of fused-ring (bicyclic) bond motifs is 2. The maximum Gasteiger partial charge on any atom is 0.393 e. The minimum atomic E-state index is -4.26. The molecule has 0 saturated carbocycles. The van der Waals surface area contributed by atoms with Gasteiger partial charge in [0.25, 0.3) is 0 Å². The van der Waals surface area contributed by atoms with Crippen molar-refractivity contribution >= 4 is 53.9 Å². The van der Waals surface area contributed by atoms with Gasteiger partial charge in [0.2, 0.25) is 0 Å². The number of aryl methyl sites for hydroxylation is 2. The molecule has 14 heteroatoms. The zero-order valence-corrected chi connectivity index (χ0v) is 27.9. The molecule has 0 amide bonds. The number of likely N-dealkylation sites (tertiary alicyclic amines) is 1. The summed E-state index contributed by atoms with van der Waals surface area (Å²) in [7, 11) is -2.32. The largest absolute Gasteiger partial charge is 0.393 e. The quantitative estimate of drug-likeness (QED) is 0.248. The minimum Gasteiger partial charge on any atom is -0.367 e. The summed E-state index contributed by atoms with van der Waals surface area (Å²) in [6.45, 7) is 10.5. The average molecular weight is 673 g/mol. The average Bonchev–Trinajstić information content (AvgIpc) is 3.54. The van der Waals surface area contributed by atoms with Gasteiger partial charge in [-0.05, 0) is 68.8 Å². The molecule has 2 saturated heterocycles. The molecule has 0 spiro atoms. The molecule has 9 nitrogen and oxygen atoms in total. The third kappa shape index (κ3) is 7.18. The number of rotatable bonds is 8. The predicted molar refractivity (Wildman–Crippen MR) is 180 cm³/mol. The molecule has 246 valence electrons. The van der Waals surface area contributed by atoms with Crippen LogP contribution in [-0.4, -0.2) is 84.7 Å². The topological polar surface area (TPSA) is 102 Å². The highest BCUT2D eigenvalue weighted by atomic mass is 32.2. The van der Waals surface area contributed by atoms with Crippen LogP contribution in [0.25, 0.3) is 21.1 Å². The molecule has 46 heavy (non-hydrogen) atoms. The number of nitriles is 1. The van der Waals surface area contributed by atoms with Crippen LogP contribution < -0.4 is 10.0 Å². The molecule has 2 aliphatic rings. The summed E-state index contributed by atoms with van der Waals surface area (Å²) in [4.78, 5) is 14.3. The third-order valence-electron chi connectivity index (χ3n) is 9.04. The Bertz CT molecular complexity index is 1900. The van der Waals surface area contributed by atoms with Crippen molar-refractivity contribution in [3.8, 4) is 6.07 Å². The second kappa shape index (κ2) is 12.8. The first kappa shape index (κ1) is 32.7.